The number of rotatable bonds is 9. The fourth-order valence-corrected chi connectivity index (χ4v) is 4.38. The Balaban J connectivity index is 1.96. The van der Waals surface area contributed by atoms with Gasteiger partial charge in [0.05, 0.1) is 11.5 Å². The van der Waals surface area contributed by atoms with E-state index >= 15 is 0 Å². The van der Waals surface area contributed by atoms with Gasteiger partial charge in [-0.25, -0.2) is 13.1 Å². The van der Waals surface area contributed by atoms with Crippen LogP contribution in [0.2, 0.25) is 0 Å². The topological polar surface area (TPSA) is 67.4 Å². The van der Waals surface area contributed by atoms with Crippen molar-refractivity contribution >= 4 is 21.4 Å². The van der Waals surface area contributed by atoms with Crippen LogP contribution in [0, 0.1) is 0 Å². The first-order valence-electron chi connectivity index (χ1n) is 6.87. The van der Waals surface area contributed by atoms with Crippen molar-refractivity contribution in [2.75, 3.05) is 13.7 Å². The number of methoxy groups -OCH3 is 1. The Morgan fingerprint density at radius 2 is 2.25 bits per heavy atom. The third-order valence-corrected chi connectivity index (χ3v) is 5.85. The Kier molecular flexibility index (Phi) is 5.57. The lowest BCUT2D eigenvalue weighted by Gasteiger charge is -2.15. The second-order valence-electron chi connectivity index (χ2n) is 5.09. The van der Waals surface area contributed by atoms with Gasteiger partial charge < -0.3 is 10.1 Å². The predicted molar refractivity (Wildman–Crippen MR) is 80.5 cm³/mol. The van der Waals surface area contributed by atoms with Crippen LogP contribution in [0.15, 0.2) is 16.3 Å². The first-order chi connectivity index (χ1) is 9.55. The minimum absolute atomic E-state index is 0.182. The maximum Gasteiger partial charge on any atom is 0.241 e. The Bertz CT molecular complexity index is 523. The SMILES string of the molecule is CCC(COC)NS(=O)(=O)c1csc(CNC2CC2)c1. The minimum Gasteiger partial charge on any atom is -0.383 e. The lowest BCUT2D eigenvalue weighted by molar-refractivity contribution is 0.173. The molecule has 1 aromatic heterocycles. The monoisotopic (exact) mass is 318 g/mol. The molecule has 1 heterocycles. The number of hydrogen-bond acceptors (Lipinski definition) is 5. The van der Waals surface area contributed by atoms with Gasteiger partial charge in [-0.1, -0.05) is 6.92 Å². The summed E-state index contributed by atoms with van der Waals surface area (Å²) in [5.74, 6) is 0. The second kappa shape index (κ2) is 7.00. The van der Waals surface area contributed by atoms with Gasteiger partial charge in [0.25, 0.3) is 0 Å². The molecule has 2 N–H and O–H groups in total. The number of thiophene rings is 1. The summed E-state index contributed by atoms with van der Waals surface area (Å²) < 4.78 is 32.2. The summed E-state index contributed by atoms with van der Waals surface area (Å²) in [5, 5.41) is 5.09. The minimum atomic E-state index is -3.44. The van der Waals surface area contributed by atoms with Crippen molar-refractivity contribution in [3.05, 3.63) is 16.3 Å². The van der Waals surface area contributed by atoms with Gasteiger partial charge in [-0.05, 0) is 25.3 Å². The lowest BCUT2D eigenvalue weighted by atomic mass is 10.3. The molecule has 7 heteroatoms. The highest BCUT2D eigenvalue weighted by molar-refractivity contribution is 7.89. The molecule has 0 radical (unpaired) electrons. The third kappa shape index (κ3) is 4.53. The number of ether oxygens (including phenoxy) is 1. The molecule has 0 spiro atoms. The van der Waals surface area contributed by atoms with Crippen LogP contribution in [0.1, 0.15) is 31.1 Å². The van der Waals surface area contributed by atoms with Crippen molar-refractivity contribution in [2.24, 2.45) is 0 Å². The van der Waals surface area contributed by atoms with E-state index in [0.717, 1.165) is 11.4 Å². The molecule has 2 rings (SSSR count). The molecule has 1 unspecified atom stereocenters. The van der Waals surface area contributed by atoms with Crippen molar-refractivity contribution in [1.82, 2.24) is 10.0 Å². The number of nitrogens with one attached hydrogen (secondary N) is 2. The molecule has 20 heavy (non-hydrogen) atoms. The Morgan fingerprint density at radius 3 is 2.85 bits per heavy atom. The first kappa shape index (κ1) is 15.9. The van der Waals surface area contributed by atoms with Crippen LogP contribution in [-0.4, -0.2) is 34.2 Å². The van der Waals surface area contributed by atoms with Crippen molar-refractivity contribution in [3.63, 3.8) is 0 Å². The molecule has 1 aliphatic carbocycles. The molecule has 1 saturated carbocycles. The fraction of sp³-hybridized carbons (Fsp3) is 0.692. The molecule has 0 amide bonds. The average Bonchev–Trinajstić information content (AvgIpc) is 3.11. The van der Waals surface area contributed by atoms with Crippen LogP contribution in [0.3, 0.4) is 0 Å². The lowest BCUT2D eigenvalue weighted by Crippen LogP contribution is -2.37. The van der Waals surface area contributed by atoms with Gasteiger partial charge in [0.1, 0.15) is 0 Å². The summed E-state index contributed by atoms with van der Waals surface area (Å²) in [7, 11) is -1.87. The number of hydrogen-bond donors (Lipinski definition) is 2. The second-order valence-corrected chi connectivity index (χ2v) is 7.80. The normalized spacial score (nSPS) is 17.3. The van der Waals surface area contributed by atoms with Crippen molar-refractivity contribution in [3.8, 4) is 0 Å². The van der Waals surface area contributed by atoms with E-state index in [-0.39, 0.29) is 6.04 Å². The van der Waals surface area contributed by atoms with Crippen LogP contribution in [0.5, 0.6) is 0 Å². The van der Waals surface area contributed by atoms with Gasteiger partial charge in [-0.15, -0.1) is 11.3 Å². The van der Waals surface area contributed by atoms with Crippen molar-refractivity contribution in [1.29, 1.82) is 0 Å². The summed E-state index contributed by atoms with van der Waals surface area (Å²) in [4.78, 5) is 1.40. The van der Waals surface area contributed by atoms with Gasteiger partial charge in [-0.2, -0.15) is 0 Å². The number of sulfonamides is 1. The summed E-state index contributed by atoms with van der Waals surface area (Å²) >= 11 is 1.48. The standard InChI is InChI=1S/C13H22N2O3S2/c1-3-10(8-18-2)15-20(16,17)13-6-12(19-9-13)7-14-11-4-5-11/h6,9-11,14-15H,3-5,7-8H2,1-2H3. The van der Waals surface area contributed by atoms with Crippen LogP contribution in [0.25, 0.3) is 0 Å². The zero-order chi connectivity index (χ0) is 14.6. The highest BCUT2D eigenvalue weighted by Crippen LogP contribution is 2.23. The van der Waals surface area contributed by atoms with Crippen molar-refractivity contribution in [2.45, 2.75) is 49.7 Å². The van der Waals surface area contributed by atoms with E-state index in [0.29, 0.717) is 24.0 Å². The molecule has 114 valence electrons. The quantitative estimate of drug-likeness (QED) is 0.727. The third-order valence-electron chi connectivity index (χ3n) is 3.26. The highest BCUT2D eigenvalue weighted by atomic mass is 32.2. The zero-order valence-corrected chi connectivity index (χ0v) is 13.5. The van der Waals surface area contributed by atoms with E-state index in [1.54, 1.807) is 18.6 Å². The molecular formula is C13H22N2O3S2. The van der Waals surface area contributed by atoms with Crippen molar-refractivity contribution < 1.29 is 13.2 Å². The van der Waals surface area contributed by atoms with E-state index in [1.807, 2.05) is 6.92 Å². The van der Waals surface area contributed by atoms with E-state index < -0.39 is 10.0 Å². The van der Waals surface area contributed by atoms with Crippen LogP contribution in [0.4, 0.5) is 0 Å². The molecule has 0 bridgehead atoms. The Morgan fingerprint density at radius 1 is 1.50 bits per heavy atom. The fourth-order valence-electron chi connectivity index (χ4n) is 1.85. The molecule has 1 aromatic rings. The van der Waals surface area contributed by atoms with E-state index in [9.17, 15) is 8.42 Å². The highest BCUT2D eigenvalue weighted by Gasteiger charge is 2.22. The van der Waals surface area contributed by atoms with Gasteiger partial charge in [-0.3, -0.25) is 0 Å². The maximum absolute atomic E-state index is 12.3. The molecule has 0 aromatic carbocycles. The van der Waals surface area contributed by atoms with E-state index in [4.69, 9.17) is 4.74 Å². The maximum atomic E-state index is 12.3. The molecular weight excluding hydrogens is 296 g/mol. The van der Waals surface area contributed by atoms with Gasteiger partial charge in [0.15, 0.2) is 0 Å². The average molecular weight is 318 g/mol. The molecule has 1 fully saturated rings. The predicted octanol–water partition coefficient (Wildman–Crippen LogP) is 1.70. The summed E-state index contributed by atoms with van der Waals surface area (Å²) in [5.41, 5.74) is 0. The Hall–Kier alpha value is -0.470. The zero-order valence-electron chi connectivity index (χ0n) is 11.9. The molecule has 0 saturated heterocycles. The first-order valence-corrected chi connectivity index (χ1v) is 9.23. The van der Waals surface area contributed by atoms with Crippen LogP contribution in [-0.2, 0) is 21.3 Å². The summed E-state index contributed by atoms with van der Waals surface area (Å²) in [6, 6.07) is 2.20. The van der Waals surface area contributed by atoms with Gasteiger partial charge in [0.2, 0.25) is 10.0 Å². The van der Waals surface area contributed by atoms with Gasteiger partial charge in [0, 0.05) is 36.0 Å². The van der Waals surface area contributed by atoms with Crippen LogP contribution < -0.4 is 10.0 Å². The molecule has 5 nitrogen and oxygen atoms in total. The van der Waals surface area contributed by atoms with E-state index in [1.165, 1.54) is 24.2 Å². The van der Waals surface area contributed by atoms with Gasteiger partial charge >= 0.3 is 0 Å². The largest absolute Gasteiger partial charge is 0.383 e. The summed E-state index contributed by atoms with van der Waals surface area (Å²) in [6.45, 7) is 3.07. The molecule has 0 aliphatic heterocycles. The smallest absolute Gasteiger partial charge is 0.241 e. The molecule has 1 aliphatic rings. The van der Waals surface area contributed by atoms with E-state index in [2.05, 4.69) is 10.0 Å². The molecule has 1 atom stereocenters. The Labute approximate surface area is 124 Å². The summed E-state index contributed by atoms with van der Waals surface area (Å²) in [6.07, 6.45) is 3.16. The van der Waals surface area contributed by atoms with Crippen LogP contribution >= 0.6 is 11.3 Å².